The first-order valence-electron chi connectivity index (χ1n) is 7.80. The number of carbonyl (C=O) groups is 1. The molecule has 134 valence electrons. The number of hydrogen-bond acceptors (Lipinski definition) is 8. The number of aromatic nitrogens is 4. The van der Waals surface area contributed by atoms with Crippen LogP contribution in [0, 0.1) is 0 Å². The molecule has 0 spiro atoms. The predicted octanol–water partition coefficient (Wildman–Crippen LogP) is 2.46. The molecule has 3 aromatic rings. The van der Waals surface area contributed by atoms with Gasteiger partial charge in [0.2, 0.25) is 5.16 Å². The lowest BCUT2D eigenvalue weighted by Crippen LogP contribution is -2.11. The molecule has 0 unspecified atom stereocenters. The zero-order valence-electron chi connectivity index (χ0n) is 13.9. The highest BCUT2D eigenvalue weighted by molar-refractivity contribution is 7.99. The summed E-state index contributed by atoms with van der Waals surface area (Å²) in [4.78, 5) is 12.0. The van der Waals surface area contributed by atoms with Crippen molar-refractivity contribution in [2.24, 2.45) is 0 Å². The van der Waals surface area contributed by atoms with E-state index in [2.05, 4.69) is 15.5 Å². The maximum absolute atomic E-state index is 12.0. The van der Waals surface area contributed by atoms with E-state index in [9.17, 15) is 9.90 Å². The van der Waals surface area contributed by atoms with Gasteiger partial charge in [-0.25, -0.2) is 0 Å². The highest BCUT2D eigenvalue weighted by Crippen LogP contribution is 2.21. The Kier molecular flexibility index (Phi) is 5.69. The summed E-state index contributed by atoms with van der Waals surface area (Å²) in [5, 5.41) is 21.2. The first-order valence-corrected chi connectivity index (χ1v) is 8.78. The number of phenols is 1. The van der Waals surface area contributed by atoms with E-state index in [-0.39, 0.29) is 11.5 Å². The van der Waals surface area contributed by atoms with Gasteiger partial charge in [0.15, 0.2) is 0 Å². The van der Waals surface area contributed by atoms with Crippen LogP contribution in [0.2, 0.25) is 0 Å². The van der Waals surface area contributed by atoms with Crippen LogP contribution in [0.3, 0.4) is 0 Å². The molecule has 1 N–H and O–H groups in total. The van der Waals surface area contributed by atoms with Crippen molar-refractivity contribution in [2.45, 2.75) is 12.1 Å². The van der Waals surface area contributed by atoms with Gasteiger partial charge in [0.25, 0.3) is 0 Å². The van der Waals surface area contributed by atoms with Crippen LogP contribution in [-0.4, -0.2) is 43.6 Å². The third-order valence-corrected chi connectivity index (χ3v) is 4.11. The minimum Gasteiger partial charge on any atom is -0.508 e. The second-order valence-electron chi connectivity index (χ2n) is 5.06. The molecule has 1 aromatic heterocycles. The second kappa shape index (κ2) is 8.34. The molecule has 0 radical (unpaired) electrons. The molecular formula is C17H16N4O4S. The minimum absolute atomic E-state index is 0.0473. The van der Waals surface area contributed by atoms with E-state index in [4.69, 9.17) is 9.47 Å². The molecule has 3 rings (SSSR count). The summed E-state index contributed by atoms with van der Waals surface area (Å²) in [5.74, 6) is 0.937. The van der Waals surface area contributed by atoms with E-state index in [1.54, 1.807) is 36.4 Å². The molecule has 9 heteroatoms. The Labute approximate surface area is 153 Å². The Morgan fingerprint density at radius 3 is 2.50 bits per heavy atom. The van der Waals surface area contributed by atoms with Gasteiger partial charge in [-0.2, -0.15) is 4.68 Å². The fourth-order valence-corrected chi connectivity index (χ4v) is 2.74. The fourth-order valence-electron chi connectivity index (χ4n) is 2.08. The number of nitrogens with zero attached hydrogens (tertiary/aromatic N) is 4. The maximum Gasteiger partial charge on any atom is 0.321 e. The van der Waals surface area contributed by atoms with Crippen LogP contribution < -0.4 is 9.47 Å². The van der Waals surface area contributed by atoms with Crippen LogP contribution in [0.25, 0.3) is 5.69 Å². The molecule has 8 nitrogen and oxygen atoms in total. The summed E-state index contributed by atoms with van der Waals surface area (Å²) in [7, 11) is 0. The molecule has 0 amide bonds. The Hall–Kier alpha value is -3.07. The smallest absolute Gasteiger partial charge is 0.321 e. The van der Waals surface area contributed by atoms with Crippen molar-refractivity contribution in [3.05, 3.63) is 48.5 Å². The number of hydrogen-bond donors (Lipinski definition) is 1. The number of carbonyl (C=O) groups excluding carboxylic acids is 1. The van der Waals surface area contributed by atoms with Gasteiger partial charge in [0.05, 0.1) is 18.0 Å². The molecule has 0 aliphatic rings. The van der Waals surface area contributed by atoms with E-state index in [0.29, 0.717) is 23.2 Å². The number of phenolic OH excluding ortho intramolecular Hbond substituents is 1. The molecular weight excluding hydrogens is 356 g/mol. The highest BCUT2D eigenvalue weighted by atomic mass is 32.2. The summed E-state index contributed by atoms with van der Waals surface area (Å²) >= 11 is 1.16. The lowest BCUT2D eigenvalue weighted by atomic mass is 10.3. The number of ether oxygens (including phenoxy) is 2. The van der Waals surface area contributed by atoms with Crippen LogP contribution in [0.1, 0.15) is 6.92 Å². The van der Waals surface area contributed by atoms with Gasteiger partial charge >= 0.3 is 5.97 Å². The molecule has 0 saturated carbocycles. The number of benzene rings is 2. The molecule has 1 heterocycles. The van der Waals surface area contributed by atoms with Gasteiger partial charge in [0.1, 0.15) is 17.2 Å². The quantitative estimate of drug-likeness (QED) is 0.384. The first kappa shape index (κ1) is 17.7. The van der Waals surface area contributed by atoms with Gasteiger partial charge in [-0.05, 0) is 65.9 Å². The number of esters is 1. The van der Waals surface area contributed by atoms with Crippen LogP contribution in [0.5, 0.6) is 17.2 Å². The van der Waals surface area contributed by atoms with Crippen molar-refractivity contribution in [2.75, 3.05) is 12.4 Å². The average molecular weight is 372 g/mol. The van der Waals surface area contributed by atoms with E-state index in [1.807, 2.05) is 6.92 Å². The number of rotatable bonds is 7. The summed E-state index contributed by atoms with van der Waals surface area (Å²) in [5.41, 5.74) is 0.676. The normalized spacial score (nSPS) is 10.5. The molecule has 26 heavy (non-hydrogen) atoms. The van der Waals surface area contributed by atoms with Gasteiger partial charge < -0.3 is 14.6 Å². The monoisotopic (exact) mass is 372 g/mol. The van der Waals surface area contributed by atoms with Crippen molar-refractivity contribution < 1.29 is 19.4 Å². The van der Waals surface area contributed by atoms with E-state index >= 15 is 0 Å². The zero-order chi connectivity index (χ0) is 18.4. The van der Waals surface area contributed by atoms with Crippen molar-refractivity contribution in [1.29, 1.82) is 0 Å². The largest absolute Gasteiger partial charge is 0.508 e. The van der Waals surface area contributed by atoms with E-state index in [1.165, 1.54) is 16.8 Å². The third kappa shape index (κ3) is 4.51. The minimum atomic E-state index is -0.417. The average Bonchev–Trinajstić information content (AvgIpc) is 3.11. The Bertz CT molecular complexity index is 865. The number of aromatic hydroxyl groups is 1. The van der Waals surface area contributed by atoms with Gasteiger partial charge in [0, 0.05) is 0 Å². The molecule has 0 saturated heterocycles. The van der Waals surface area contributed by atoms with Crippen LogP contribution in [-0.2, 0) is 4.79 Å². The van der Waals surface area contributed by atoms with Crippen LogP contribution >= 0.6 is 11.8 Å². The van der Waals surface area contributed by atoms with E-state index < -0.39 is 5.97 Å². The van der Waals surface area contributed by atoms with Crippen LogP contribution in [0.15, 0.2) is 53.7 Å². The van der Waals surface area contributed by atoms with Crippen molar-refractivity contribution in [3.63, 3.8) is 0 Å². The molecule has 2 aromatic carbocycles. The molecule has 0 bridgehead atoms. The van der Waals surface area contributed by atoms with Gasteiger partial charge in [-0.15, -0.1) is 5.10 Å². The summed E-state index contributed by atoms with van der Waals surface area (Å²) in [6, 6.07) is 13.2. The molecule has 0 aliphatic heterocycles. The fraction of sp³-hybridized carbons (Fsp3) is 0.176. The topological polar surface area (TPSA) is 99.4 Å². The Morgan fingerprint density at radius 1 is 1.12 bits per heavy atom. The summed E-state index contributed by atoms with van der Waals surface area (Å²) < 4.78 is 12.1. The first-order chi connectivity index (χ1) is 12.7. The van der Waals surface area contributed by atoms with Crippen molar-refractivity contribution >= 4 is 17.7 Å². The summed E-state index contributed by atoms with van der Waals surface area (Å²) in [6.07, 6.45) is 0. The summed E-state index contributed by atoms with van der Waals surface area (Å²) in [6.45, 7) is 2.47. The zero-order valence-corrected chi connectivity index (χ0v) is 14.7. The standard InChI is InChI=1S/C17H16N4O4S/c1-2-24-14-7-9-15(10-8-14)25-16(23)11-26-17-18-19-20-21(17)12-3-5-13(22)6-4-12/h3-10,22H,2,11H2,1H3. The lowest BCUT2D eigenvalue weighted by molar-refractivity contribution is -0.131. The third-order valence-electron chi connectivity index (χ3n) is 3.22. The highest BCUT2D eigenvalue weighted by Gasteiger charge is 2.13. The predicted molar refractivity (Wildman–Crippen MR) is 94.8 cm³/mol. The number of thioether (sulfide) groups is 1. The van der Waals surface area contributed by atoms with Gasteiger partial charge in [-0.3, -0.25) is 4.79 Å². The van der Waals surface area contributed by atoms with Crippen molar-refractivity contribution in [3.8, 4) is 22.9 Å². The Morgan fingerprint density at radius 2 is 1.81 bits per heavy atom. The van der Waals surface area contributed by atoms with Crippen LogP contribution in [0.4, 0.5) is 0 Å². The lowest BCUT2D eigenvalue weighted by Gasteiger charge is -2.06. The second-order valence-corrected chi connectivity index (χ2v) is 6.00. The maximum atomic E-state index is 12.0. The Balaban J connectivity index is 1.58. The molecule has 0 aliphatic carbocycles. The number of tetrazole rings is 1. The van der Waals surface area contributed by atoms with E-state index in [0.717, 1.165) is 17.5 Å². The molecule has 0 fully saturated rings. The van der Waals surface area contributed by atoms with Gasteiger partial charge in [-0.1, -0.05) is 11.8 Å². The SMILES string of the molecule is CCOc1ccc(OC(=O)CSc2nnnn2-c2ccc(O)cc2)cc1. The van der Waals surface area contributed by atoms with Crippen molar-refractivity contribution in [1.82, 2.24) is 20.2 Å². The molecule has 0 atom stereocenters.